The van der Waals surface area contributed by atoms with Gasteiger partial charge < -0.3 is 9.47 Å². The van der Waals surface area contributed by atoms with Crippen LogP contribution in [0.2, 0.25) is 0 Å². The Morgan fingerprint density at radius 2 is 0.943 bits per heavy atom. The van der Waals surface area contributed by atoms with Crippen LogP contribution in [0.15, 0.2) is 194 Å². The summed E-state index contributed by atoms with van der Waals surface area (Å²) in [5.41, 5.74) is 9.36. The number of benzene rings is 9. The zero-order valence-corrected chi connectivity index (χ0v) is 29.6. The molecule has 0 saturated heterocycles. The fraction of sp³-hybridized carbons (Fsp3) is 0. The highest BCUT2D eigenvalue weighted by Crippen LogP contribution is 2.44. The van der Waals surface area contributed by atoms with E-state index in [1.165, 1.54) is 74.6 Å². The van der Waals surface area contributed by atoms with Gasteiger partial charge in [0.05, 0.1) is 11.0 Å². The molecule has 0 saturated carbocycles. The fourth-order valence-electron chi connectivity index (χ4n) is 8.17. The van der Waals surface area contributed by atoms with Crippen molar-refractivity contribution < 1.29 is 0 Å². The van der Waals surface area contributed by atoms with E-state index in [9.17, 15) is 0 Å². The maximum absolute atomic E-state index is 2.43. The quantitative estimate of drug-likeness (QED) is 0.174. The summed E-state index contributed by atoms with van der Waals surface area (Å²) in [4.78, 5) is 2.43. The zero-order chi connectivity index (χ0) is 34.9. The molecule has 0 amide bonds. The number of rotatable bonds is 5. The lowest BCUT2D eigenvalue weighted by Crippen LogP contribution is -2.10. The largest absolute Gasteiger partial charge is 0.310 e. The molecule has 248 valence electrons. The Kier molecular flexibility index (Phi) is 6.76. The van der Waals surface area contributed by atoms with Gasteiger partial charge in [0.15, 0.2) is 0 Å². The Labute approximate surface area is 311 Å². The highest BCUT2D eigenvalue weighted by molar-refractivity contribution is 7.25. The Hall–Kier alpha value is -6.68. The first-order chi connectivity index (χ1) is 26.2. The van der Waals surface area contributed by atoms with Gasteiger partial charge in [0.1, 0.15) is 0 Å². The molecule has 0 aliphatic rings. The van der Waals surface area contributed by atoms with Crippen molar-refractivity contribution >= 4 is 91.9 Å². The lowest BCUT2D eigenvalue weighted by Gasteiger charge is -2.26. The normalized spacial score (nSPS) is 11.8. The Bertz CT molecular complexity index is 3170. The van der Waals surface area contributed by atoms with Crippen molar-refractivity contribution in [2.45, 2.75) is 0 Å². The van der Waals surface area contributed by atoms with Crippen LogP contribution in [-0.4, -0.2) is 4.57 Å². The Balaban J connectivity index is 1.14. The SMILES string of the molecule is c1ccc(-c2ccc3cc(N(c4ccc5sc6cc7ccccc7cc6c5c4)c4ccc5c6ccccc6n(-c6ccccc6)c5c4)ccc3c2)cc1. The molecule has 2 nitrogen and oxygen atoms in total. The second-order valence-electron chi connectivity index (χ2n) is 13.8. The molecular formula is C50H32N2S. The topological polar surface area (TPSA) is 8.17 Å². The van der Waals surface area contributed by atoms with Crippen molar-refractivity contribution in [2.75, 3.05) is 4.90 Å². The molecule has 0 spiro atoms. The highest BCUT2D eigenvalue weighted by atomic mass is 32.1. The van der Waals surface area contributed by atoms with Crippen molar-refractivity contribution in [1.82, 2.24) is 4.57 Å². The van der Waals surface area contributed by atoms with Crippen LogP contribution in [0, 0.1) is 0 Å². The Morgan fingerprint density at radius 1 is 0.340 bits per heavy atom. The molecule has 0 aliphatic heterocycles. The van der Waals surface area contributed by atoms with E-state index in [2.05, 4.69) is 204 Å². The maximum atomic E-state index is 2.43. The van der Waals surface area contributed by atoms with Crippen molar-refractivity contribution in [2.24, 2.45) is 0 Å². The predicted octanol–water partition coefficient (Wildman–Crippen LogP) is 14.6. The average molecular weight is 693 g/mol. The van der Waals surface area contributed by atoms with Gasteiger partial charge in [0, 0.05) is 53.7 Å². The molecule has 0 fully saturated rings. The van der Waals surface area contributed by atoms with Crippen molar-refractivity contribution in [1.29, 1.82) is 0 Å². The molecule has 0 radical (unpaired) electrons. The summed E-state index contributed by atoms with van der Waals surface area (Å²) in [5, 5.41) is 10.1. The minimum absolute atomic E-state index is 1.11. The van der Waals surface area contributed by atoms with Crippen molar-refractivity contribution in [3.63, 3.8) is 0 Å². The van der Waals surface area contributed by atoms with Gasteiger partial charge in [-0.05, 0) is 112 Å². The third-order valence-corrected chi connectivity index (χ3v) is 11.8. The number of thiophene rings is 1. The molecular weight excluding hydrogens is 661 g/mol. The van der Waals surface area contributed by atoms with Gasteiger partial charge in [-0.3, -0.25) is 0 Å². The molecule has 0 bridgehead atoms. The standard InChI is InChI=1S/C50H32N2S/c1-3-11-33(12-4-1)36-19-20-38-28-40(22-21-37(38)27-36)51(41-24-26-49-46(31-41)45-29-34-13-7-8-14-35(34)30-50(45)53-49)42-23-25-44-43-17-9-10-18-47(43)52(48(44)32-42)39-15-5-2-6-16-39/h1-32H. The molecule has 2 heterocycles. The van der Waals surface area contributed by atoms with Crippen molar-refractivity contribution in [3.05, 3.63) is 194 Å². The summed E-state index contributed by atoms with van der Waals surface area (Å²) in [6.07, 6.45) is 0. The molecule has 53 heavy (non-hydrogen) atoms. The van der Waals surface area contributed by atoms with Crippen LogP contribution in [0.25, 0.3) is 80.3 Å². The summed E-state index contributed by atoms with van der Waals surface area (Å²) >= 11 is 1.87. The minimum atomic E-state index is 1.11. The van der Waals surface area contributed by atoms with E-state index in [0.717, 1.165) is 22.7 Å². The van der Waals surface area contributed by atoms with Gasteiger partial charge in [0.2, 0.25) is 0 Å². The number of aromatic nitrogens is 1. The lowest BCUT2D eigenvalue weighted by molar-refractivity contribution is 1.18. The minimum Gasteiger partial charge on any atom is -0.310 e. The second-order valence-corrected chi connectivity index (χ2v) is 14.9. The fourth-order valence-corrected chi connectivity index (χ4v) is 9.29. The van der Waals surface area contributed by atoms with E-state index in [1.54, 1.807) is 0 Å². The molecule has 11 aromatic rings. The lowest BCUT2D eigenvalue weighted by atomic mass is 10.0. The molecule has 0 atom stereocenters. The van der Waals surface area contributed by atoms with Crippen LogP contribution in [0.4, 0.5) is 17.1 Å². The molecule has 0 aliphatic carbocycles. The van der Waals surface area contributed by atoms with Gasteiger partial charge in [0.25, 0.3) is 0 Å². The molecule has 0 unspecified atom stereocenters. The van der Waals surface area contributed by atoms with Gasteiger partial charge in [-0.2, -0.15) is 0 Å². The van der Waals surface area contributed by atoms with Gasteiger partial charge in [-0.1, -0.05) is 115 Å². The highest BCUT2D eigenvalue weighted by Gasteiger charge is 2.19. The van der Waals surface area contributed by atoms with Gasteiger partial charge in [-0.25, -0.2) is 0 Å². The van der Waals surface area contributed by atoms with E-state index < -0.39 is 0 Å². The summed E-state index contributed by atoms with van der Waals surface area (Å²) < 4.78 is 5.01. The molecule has 11 rings (SSSR count). The number of anilines is 3. The predicted molar refractivity (Wildman–Crippen MR) is 229 cm³/mol. The number of hydrogen-bond acceptors (Lipinski definition) is 2. The molecule has 0 N–H and O–H groups in total. The van der Waals surface area contributed by atoms with E-state index in [-0.39, 0.29) is 0 Å². The van der Waals surface area contributed by atoms with E-state index in [0.29, 0.717) is 0 Å². The Morgan fingerprint density at radius 3 is 1.81 bits per heavy atom. The second kappa shape index (κ2) is 11.9. The van der Waals surface area contributed by atoms with E-state index in [1.807, 2.05) is 11.3 Å². The summed E-state index contributed by atoms with van der Waals surface area (Å²) in [6, 6.07) is 71.1. The smallest absolute Gasteiger partial charge is 0.0561 e. The van der Waals surface area contributed by atoms with Crippen LogP contribution >= 0.6 is 11.3 Å². The molecule has 3 heteroatoms. The monoisotopic (exact) mass is 692 g/mol. The van der Waals surface area contributed by atoms with Gasteiger partial charge >= 0.3 is 0 Å². The van der Waals surface area contributed by atoms with E-state index >= 15 is 0 Å². The zero-order valence-electron chi connectivity index (χ0n) is 28.8. The average Bonchev–Trinajstić information content (AvgIpc) is 3.75. The number of hydrogen-bond donors (Lipinski definition) is 0. The summed E-state index contributed by atoms with van der Waals surface area (Å²) in [6.45, 7) is 0. The van der Waals surface area contributed by atoms with Crippen molar-refractivity contribution in [3.8, 4) is 16.8 Å². The molecule has 9 aromatic carbocycles. The number of fused-ring (bicyclic) bond motifs is 8. The first kappa shape index (κ1) is 30.0. The van der Waals surface area contributed by atoms with Crippen LogP contribution in [0.3, 0.4) is 0 Å². The van der Waals surface area contributed by atoms with Crippen LogP contribution < -0.4 is 4.90 Å². The first-order valence-corrected chi connectivity index (χ1v) is 18.9. The number of nitrogens with zero attached hydrogens (tertiary/aromatic N) is 2. The summed E-state index contributed by atoms with van der Waals surface area (Å²) in [7, 11) is 0. The summed E-state index contributed by atoms with van der Waals surface area (Å²) in [5.74, 6) is 0. The number of para-hydroxylation sites is 2. The van der Waals surface area contributed by atoms with Crippen LogP contribution in [0.1, 0.15) is 0 Å². The van der Waals surface area contributed by atoms with Gasteiger partial charge in [-0.15, -0.1) is 11.3 Å². The third kappa shape index (κ3) is 4.93. The van der Waals surface area contributed by atoms with Crippen LogP contribution in [-0.2, 0) is 0 Å². The van der Waals surface area contributed by atoms with Crippen LogP contribution in [0.5, 0.6) is 0 Å². The third-order valence-electron chi connectivity index (χ3n) is 10.7. The first-order valence-electron chi connectivity index (χ1n) is 18.1. The molecule has 2 aromatic heterocycles. The van der Waals surface area contributed by atoms with E-state index in [4.69, 9.17) is 0 Å². The maximum Gasteiger partial charge on any atom is 0.0561 e.